The standard InChI is InChI=1S/C19H34O3/c1-13(2)16-10-8-14(3)12-18(16)22-19(21)11-9-15-6-4-5-7-17(15)20/h13-18,20H,4-12H2,1-3H3. The van der Waals surface area contributed by atoms with E-state index in [1.165, 1.54) is 19.3 Å². The van der Waals surface area contributed by atoms with Crippen molar-refractivity contribution in [3.63, 3.8) is 0 Å². The number of ether oxygens (including phenoxy) is 1. The van der Waals surface area contributed by atoms with Crippen LogP contribution in [0.15, 0.2) is 0 Å². The first-order valence-electron chi connectivity index (χ1n) is 9.35. The maximum absolute atomic E-state index is 12.2. The summed E-state index contributed by atoms with van der Waals surface area (Å²) < 4.78 is 5.84. The zero-order valence-electron chi connectivity index (χ0n) is 14.6. The van der Waals surface area contributed by atoms with Crippen molar-refractivity contribution >= 4 is 5.97 Å². The van der Waals surface area contributed by atoms with Gasteiger partial charge in [-0.1, -0.05) is 40.0 Å². The summed E-state index contributed by atoms with van der Waals surface area (Å²) in [6, 6.07) is 0. The first kappa shape index (κ1) is 17.8. The van der Waals surface area contributed by atoms with E-state index in [0.717, 1.165) is 32.1 Å². The Balaban J connectivity index is 1.79. The monoisotopic (exact) mass is 310 g/mol. The van der Waals surface area contributed by atoms with Gasteiger partial charge in [0.05, 0.1) is 6.10 Å². The smallest absolute Gasteiger partial charge is 0.306 e. The van der Waals surface area contributed by atoms with Crippen molar-refractivity contribution in [1.82, 2.24) is 0 Å². The Morgan fingerprint density at radius 3 is 2.59 bits per heavy atom. The van der Waals surface area contributed by atoms with Crippen LogP contribution in [0.1, 0.15) is 78.6 Å². The molecule has 128 valence electrons. The average Bonchev–Trinajstić information content (AvgIpc) is 2.46. The third kappa shape index (κ3) is 4.97. The van der Waals surface area contributed by atoms with Gasteiger partial charge in [0, 0.05) is 6.42 Å². The molecule has 0 aliphatic heterocycles. The predicted octanol–water partition coefficient (Wildman–Crippen LogP) is 4.32. The van der Waals surface area contributed by atoms with Crippen molar-refractivity contribution < 1.29 is 14.6 Å². The Kier molecular flexibility index (Phi) is 6.73. The number of aliphatic hydroxyl groups is 1. The first-order chi connectivity index (χ1) is 10.5. The van der Waals surface area contributed by atoms with E-state index in [0.29, 0.717) is 30.1 Å². The van der Waals surface area contributed by atoms with Gasteiger partial charge in [-0.25, -0.2) is 0 Å². The van der Waals surface area contributed by atoms with Gasteiger partial charge in [0.2, 0.25) is 0 Å². The van der Waals surface area contributed by atoms with Crippen LogP contribution in [0.4, 0.5) is 0 Å². The van der Waals surface area contributed by atoms with E-state index in [9.17, 15) is 9.90 Å². The lowest BCUT2D eigenvalue weighted by atomic mass is 9.75. The highest BCUT2D eigenvalue weighted by Gasteiger charge is 2.33. The van der Waals surface area contributed by atoms with Crippen LogP contribution in [0, 0.1) is 23.7 Å². The highest BCUT2D eigenvalue weighted by atomic mass is 16.5. The molecule has 5 unspecified atom stereocenters. The Morgan fingerprint density at radius 2 is 1.91 bits per heavy atom. The van der Waals surface area contributed by atoms with Crippen molar-refractivity contribution in [2.45, 2.75) is 90.8 Å². The molecule has 0 aromatic rings. The molecular formula is C19H34O3. The molecule has 0 saturated heterocycles. The molecule has 2 fully saturated rings. The van der Waals surface area contributed by atoms with Crippen LogP contribution in [0.5, 0.6) is 0 Å². The molecule has 0 amide bonds. The quantitative estimate of drug-likeness (QED) is 0.769. The van der Waals surface area contributed by atoms with E-state index in [-0.39, 0.29) is 18.2 Å². The van der Waals surface area contributed by atoms with Crippen LogP contribution < -0.4 is 0 Å². The van der Waals surface area contributed by atoms with Crippen LogP contribution in [0.25, 0.3) is 0 Å². The molecule has 2 aliphatic rings. The van der Waals surface area contributed by atoms with Crippen LogP contribution in [-0.4, -0.2) is 23.3 Å². The van der Waals surface area contributed by atoms with E-state index in [4.69, 9.17) is 4.74 Å². The zero-order valence-corrected chi connectivity index (χ0v) is 14.6. The van der Waals surface area contributed by atoms with E-state index in [1.807, 2.05) is 0 Å². The number of hydrogen-bond donors (Lipinski definition) is 1. The fourth-order valence-corrected chi connectivity index (χ4v) is 4.31. The molecule has 0 bridgehead atoms. The van der Waals surface area contributed by atoms with E-state index in [1.54, 1.807) is 0 Å². The molecule has 3 heteroatoms. The Labute approximate surface area is 135 Å². The van der Waals surface area contributed by atoms with Crippen LogP contribution in [0.3, 0.4) is 0 Å². The number of aliphatic hydroxyl groups excluding tert-OH is 1. The third-order valence-electron chi connectivity index (χ3n) is 5.83. The highest BCUT2D eigenvalue weighted by molar-refractivity contribution is 5.69. The second-order valence-electron chi connectivity index (χ2n) is 8.00. The van der Waals surface area contributed by atoms with E-state index < -0.39 is 0 Å². The van der Waals surface area contributed by atoms with Crippen molar-refractivity contribution in [3.8, 4) is 0 Å². The number of hydrogen-bond acceptors (Lipinski definition) is 3. The number of carbonyl (C=O) groups is 1. The predicted molar refractivity (Wildman–Crippen MR) is 88.4 cm³/mol. The van der Waals surface area contributed by atoms with Crippen LogP contribution >= 0.6 is 0 Å². The number of esters is 1. The minimum Gasteiger partial charge on any atom is -0.462 e. The maximum atomic E-state index is 12.2. The summed E-state index contributed by atoms with van der Waals surface area (Å²) in [4.78, 5) is 12.2. The fraction of sp³-hybridized carbons (Fsp3) is 0.947. The molecular weight excluding hydrogens is 276 g/mol. The Bertz CT molecular complexity index is 353. The summed E-state index contributed by atoms with van der Waals surface area (Å²) in [5.74, 6) is 1.99. The first-order valence-corrected chi connectivity index (χ1v) is 9.35. The minimum absolute atomic E-state index is 0.0532. The van der Waals surface area contributed by atoms with E-state index in [2.05, 4.69) is 20.8 Å². The molecule has 0 spiro atoms. The van der Waals surface area contributed by atoms with Crippen LogP contribution in [-0.2, 0) is 9.53 Å². The fourth-order valence-electron chi connectivity index (χ4n) is 4.31. The molecule has 1 N–H and O–H groups in total. The summed E-state index contributed by atoms with van der Waals surface area (Å²) in [7, 11) is 0. The molecule has 0 radical (unpaired) electrons. The highest BCUT2D eigenvalue weighted by Crippen LogP contribution is 2.36. The van der Waals surface area contributed by atoms with Gasteiger partial charge in [-0.3, -0.25) is 4.79 Å². The molecule has 2 saturated carbocycles. The van der Waals surface area contributed by atoms with Gasteiger partial charge in [0.25, 0.3) is 0 Å². The Morgan fingerprint density at radius 1 is 1.18 bits per heavy atom. The summed E-state index contributed by atoms with van der Waals surface area (Å²) in [5.41, 5.74) is 0. The largest absolute Gasteiger partial charge is 0.462 e. The van der Waals surface area contributed by atoms with Gasteiger partial charge in [-0.2, -0.15) is 0 Å². The van der Waals surface area contributed by atoms with Gasteiger partial charge in [0.15, 0.2) is 0 Å². The van der Waals surface area contributed by atoms with E-state index >= 15 is 0 Å². The van der Waals surface area contributed by atoms with Crippen molar-refractivity contribution in [3.05, 3.63) is 0 Å². The molecule has 2 rings (SSSR count). The van der Waals surface area contributed by atoms with Gasteiger partial charge in [0.1, 0.15) is 6.10 Å². The summed E-state index contributed by atoms with van der Waals surface area (Å²) >= 11 is 0. The van der Waals surface area contributed by atoms with Crippen molar-refractivity contribution in [2.75, 3.05) is 0 Å². The molecule has 2 aliphatic carbocycles. The maximum Gasteiger partial charge on any atom is 0.306 e. The topological polar surface area (TPSA) is 46.5 Å². The minimum atomic E-state index is -0.209. The molecule has 5 atom stereocenters. The lowest BCUT2D eigenvalue weighted by Gasteiger charge is -2.36. The lowest BCUT2D eigenvalue weighted by Crippen LogP contribution is -2.36. The summed E-state index contributed by atoms with van der Waals surface area (Å²) in [6.07, 6.45) is 8.87. The molecule has 3 nitrogen and oxygen atoms in total. The zero-order chi connectivity index (χ0) is 16.1. The van der Waals surface area contributed by atoms with Gasteiger partial charge in [-0.05, 0) is 55.8 Å². The van der Waals surface area contributed by atoms with Gasteiger partial charge in [-0.15, -0.1) is 0 Å². The van der Waals surface area contributed by atoms with Crippen molar-refractivity contribution in [1.29, 1.82) is 0 Å². The van der Waals surface area contributed by atoms with Gasteiger partial charge >= 0.3 is 5.97 Å². The second kappa shape index (κ2) is 8.33. The molecule has 0 aromatic carbocycles. The third-order valence-corrected chi connectivity index (χ3v) is 5.83. The van der Waals surface area contributed by atoms with Crippen LogP contribution in [0.2, 0.25) is 0 Å². The van der Waals surface area contributed by atoms with Crippen molar-refractivity contribution in [2.24, 2.45) is 23.7 Å². The number of rotatable bonds is 5. The Hall–Kier alpha value is -0.570. The van der Waals surface area contributed by atoms with Gasteiger partial charge < -0.3 is 9.84 Å². The number of carbonyl (C=O) groups excluding carboxylic acids is 1. The SMILES string of the molecule is CC1CCC(C(C)C)C(OC(=O)CCC2CCCCC2O)C1. The summed E-state index contributed by atoms with van der Waals surface area (Å²) in [5, 5.41) is 10.0. The molecule has 0 heterocycles. The lowest BCUT2D eigenvalue weighted by molar-refractivity contribution is -0.156. The second-order valence-corrected chi connectivity index (χ2v) is 8.00. The normalized spacial score (nSPS) is 36.3. The average molecular weight is 310 g/mol. The molecule has 0 aromatic heterocycles. The summed E-state index contributed by atoms with van der Waals surface area (Å²) in [6.45, 7) is 6.73. The molecule has 22 heavy (non-hydrogen) atoms.